The highest BCUT2D eigenvalue weighted by atomic mass is 16.3. The number of aliphatic hydroxyl groups excluding tert-OH is 2. The van der Waals surface area contributed by atoms with Crippen LogP contribution in [0.5, 0.6) is 0 Å². The molecule has 3 fully saturated rings. The van der Waals surface area contributed by atoms with Crippen LogP contribution in [0.2, 0.25) is 0 Å². The third kappa shape index (κ3) is 3.61. The van der Waals surface area contributed by atoms with Gasteiger partial charge in [-0.3, -0.25) is 0 Å². The van der Waals surface area contributed by atoms with E-state index in [-0.39, 0.29) is 29.5 Å². The second kappa shape index (κ2) is 8.19. The van der Waals surface area contributed by atoms with Crippen LogP contribution in [0.3, 0.4) is 0 Å². The van der Waals surface area contributed by atoms with Gasteiger partial charge in [-0.25, -0.2) is 0 Å². The second-order valence-corrected chi connectivity index (χ2v) is 12.4. The number of rotatable bonds is 6. The molecule has 4 aliphatic carbocycles. The molecule has 4 aliphatic rings. The quantitative estimate of drug-likeness (QED) is 0.501. The highest BCUT2D eigenvalue weighted by molar-refractivity contribution is 5.25. The highest BCUT2D eigenvalue weighted by Gasteiger charge is 2.61. The maximum Gasteiger partial charge on any atom is 0.0910 e. The van der Waals surface area contributed by atoms with Crippen molar-refractivity contribution >= 4 is 0 Å². The Kier molecular flexibility index (Phi) is 6.23. The smallest absolute Gasteiger partial charge is 0.0910 e. The number of allylic oxidation sites excluding steroid dienone is 1. The normalized spacial score (nSPS) is 45.3. The fraction of sp³-hybridized carbons (Fsp3) is 0.926. The van der Waals surface area contributed by atoms with Crippen LogP contribution >= 0.6 is 0 Å². The molecule has 0 radical (unpaired) electrons. The molecule has 0 aliphatic heterocycles. The Morgan fingerprint density at radius 2 is 1.87 bits per heavy atom. The predicted molar refractivity (Wildman–Crippen MR) is 122 cm³/mol. The SMILES string of the molecule is CC(C)CCC[C@@](O)(CO)[C@H]1CC[C@H]2[C@@H]3CC=C4C[C@@H](O)CC[C@]4(C)[C@H]3CC[C@]12C. The fourth-order valence-electron chi connectivity index (χ4n) is 8.70. The zero-order chi connectivity index (χ0) is 21.7. The first-order valence-electron chi connectivity index (χ1n) is 12.8. The minimum Gasteiger partial charge on any atom is -0.393 e. The van der Waals surface area contributed by atoms with Crippen molar-refractivity contribution in [3.8, 4) is 0 Å². The lowest BCUT2D eigenvalue weighted by molar-refractivity contribution is -0.132. The summed E-state index contributed by atoms with van der Waals surface area (Å²) >= 11 is 0. The van der Waals surface area contributed by atoms with Crippen molar-refractivity contribution in [2.24, 2.45) is 40.4 Å². The summed E-state index contributed by atoms with van der Waals surface area (Å²) in [4.78, 5) is 0. The summed E-state index contributed by atoms with van der Waals surface area (Å²) in [5.74, 6) is 2.96. The molecular formula is C27H46O3. The van der Waals surface area contributed by atoms with E-state index in [2.05, 4.69) is 33.8 Å². The Bertz CT molecular complexity index is 656. The third-order valence-corrected chi connectivity index (χ3v) is 10.4. The van der Waals surface area contributed by atoms with Gasteiger partial charge in [0.25, 0.3) is 0 Å². The average molecular weight is 419 g/mol. The van der Waals surface area contributed by atoms with Crippen LogP contribution in [0.1, 0.15) is 98.3 Å². The molecule has 0 heterocycles. The Morgan fingerprint density at radius 1 is 1.10 bits per heavy atom. The number of aliphatic hydroxyl groups is 3. The monoisotopic (exact) mass is 418 g/mol. The largest absolute Gasteiger partial charge is 0.393 e. The van der Waals surface area contributed by atoms with Gasteiger partial charge in [-0.05, 0) is 98.2 Å². The first-order valence-corrected chi connectivity index (χ1v) is 12.8. The molecule has 3 saturated carbocycles. The van der Waals surface area contributed by atoms with Crippen molar-refractivity contribution in [1.82, 2.24) is 0 Å². The standard InChI is InChI=1S/C27H46O3/c1-18(2)6-5-13-27(30,17-28)24-10-9-22-21-8-7-19-16-20(29)11-14-25(19,3)23(21)12-15-26(22,24)4/h7,18,20-24,28-30H,5-6,8-17H2,1-4H3/t20-,21-,22-,23-,24-,25-,26-,27+/m0/s1. The van der Waals surface area contributed by atoms with Gasteiger partial charge in [-0.1, -0.05) is 52.2 Å². The molecule has 0 aromatic heterocycles. The van der Waals surface area contributed by atoms with Crippen LogP contribution in [0.25, 0.3) is 0 Å². The van der Waals surface area contributed by atoms with Gasteiger partial charge in [-0.15, -0.1) is 0 Å². The van der Waals surface area contributed by atoms with Crippen LogP contribution in [0.15, 0.2) is 11.6 Å². The lowest BCUT2D eigenvalue weighted by Crippen LogP contribution is -2.54. The Morgan fingerprint density at radius 3 is 2.57 bits per heavy atom. The van der Waals surface area contributed by atoms with Crippen LogP contribution in [0, 0.1) is 40.4 Å². The van der Waals surface area contributed by atoms with E-state index >= 15 is 0 Å². The van der Waals surface area contributed by atoms with Crippen LogP contribution in [0.4, 0.5) is 0 Å². The van der Waals surface area contributed by atoms with Gasteiger partial charge in [0.05, 0.1) is 18.3 Å². The molecule has 0 unspecified atom stereocenters. The highest BCUT2D eigenvalue weighted by Crippen LogP contribution is 2.67. The van der Waals surface area contributed by atoms with E-state index in [9.17, 15) is 15.3 Å². The molecule has 172 valence electrons. The van der Waals surface area contributed by atoms with E-state index in [1.54, 1.807) is 0 Å². The lowest BCUT2D eigenvalue weighted by Gasteiger charge is -2.59. The summed E-state index contributed by atoms with van der Waals surface area (Å²) < 4.78 is 0. The maximum absolute atomic E-state index is 11.6. The zero-order valence-corrected chi connectivity index (χ0v) is 19.9. The van der Waals surface area contributed by atoms with Crippen molar-refractivity contribution in [3.63, 3.8) is 0 Å². The molecule has 0 spiro atoms. The summed E-state index contributed by atoms with van der Waals surface area (Å²) in [6, 6.07) is 0. The van der Waals surface area contributed by atoms with E-state index < -0.39 is 5.60 Å². The van der Waals surface area contributed by atoms with Crippen molar-refractivity contribution < 1.29 is 15.3 Å². The molecule has 3 nitrogen and oxygen atoms in total. The molecular weight excluding hydrogens is 372 g/mol. The van der Waals surface area contributed by atoms with Gasteiger partial charge in [0.15, 0.2) is 0 Å². The van der Waals surface area contributed by atoms with Crippen molar-refractivity contribution in [3.05, 3.63) is 11.6 Å². The van der Waals surface area contributed by atoms with Crippen LogP contribution < -0.4 is 0 Å². The predicted octanol–water partition coefficient (Wildman–Crippen LogP) is 5.48. The summed E-state index contributed by atoms with van der Waals surface area (Å²) in [6.45, 7) is 9.31. The van der Waals surface area contributed by atoms with E-state index in [4.69, 9.17) is 0 Å². The van der Waals surface area contributed by atoms with Crippen LogP contribution in [-0.2, 0) is 0 Å². The van der Waals surface area contributed by atoms with Gasteiger partial charge in [0, 0.05) is 0 Å². The molecule has 0 aromatic carbocycles. The maximum atomic E-state index is 11.6. The van der Waals surface area contributed by atoms with Gasteiger partial charge in [0.2, 0.25) is 0 Å². The number of hydrogen-bond acceptors (Lipinski definition) is 3. The van der Waals surface area contributed by atoms with Gasteiger partial charge < -0.3 is 15.3 Å². The van der Waals surface area contributed by atoms with E-state index in [1.165, 1.54) is 24.8 Å². The molecule has 30 heavy (non-hydrogen) atoms. The third-order valence-electron chi connectivity index (χ3n) is 10.4. The van der Waals surface area contributed by atoms with E-state index in [0.29, 0.717) is 17.8 Å². The summed E-state index contributed by atoms with van der Waals surface area (Å²) in [5.41, 5.74) is 1.03. The molecule has 3 N–H and O–H groups in total. The minimum absolute atomic E-state index is 0.0914. The minimum atomic E-state index is -0.917. The lowest BCUT2D eigenvalue weighted by atomic mass is 9.46. The number of hydrogen-bond donors (Lipinski definition) is 3. The van der Waals surface area contributed by atoms with Crippen molar-refractivity contribution in [2.45, 2.75) is 110 Å². The average Bonchev–Trinajstić information content (AvgIpc) is 3.06. The second-order valence-electron chi connectivity index (χ2n) is 12.4. The van der Waals surface area contributed by atoms with Gasteiger partial charge in [0.1, 0.15) is 0 Å². The Labute approximate surface area is 184 Å². The first-order chi connectivity index (χ1) is 14.1. The first kappa shape index (κ1) is 22.8. The van der Waals surface area contributed by atoms with Crippen molar-refractivity contribution in [1.29, 1.82) is 0 Å². The summed E-state index contributed by atoms with van der Waals surface area (Å²) in [6.07, 6.45) is 14.0. The Hall–Kier alpha value is -0.380. The van der Waals surface area contributed by atoms with E-state index in [0.717, 1.165) is 57.3 Å². The molecule has 8 atom stereocenters. The van der Waals surface area contributed by atoms with E-state index in [1.807, 2.05) is 0 Å². The molecule has 0 aromatic rings. The molecule has 0 bridgehead atoms. The Balaban J connectivity index is 1.55. The molecule has 4 rings (SSSR count). The molecule has 0 amide bonds. The van der Waals surface area contributed by atoms with Gasteiger partial charge >= 0.3 is 0 Å². The molecule has 3 heteroatoms. The topological polar surface area (TPSA) is 60.7 Å². The fourth-order valence-corrected chi connectivity index (χ4v) is 8.70. The van der Waals surface area contributed by atoms with Crippen LogP contribution in [-0.4, -0.2) is 33.6 Å². The summed E-state index contributed by atoms with van der Waals surface area (Å²) in [5, 5.41) is 32.1. The summed E-state index contributed by atoms with van der Waals surface area (Å²) in [7, 11) is 0. The molecule has 0 saturated heterocycles. The van der Waals surface area contributed by atoms with Gasteiger partial charge in [-0.2, -0.15) is 0 Å². The van der Waals surface area contributed by atoms with Crippen molar-refractivity contribution in [2.75, 3.05) is 6.61 Å². The zero-order valence-electron chi connectivity index (χ0n) is 19.9. The number of fused-ring (bicyclic) bond motifs is 5.